The highest BCUT2D eigenvalue weighted by Crippen LogP contribution is 2.43. The zero-order valence-corrected chi connectivity index (χ0v) is 17.3. The van der Waals surface area contributed by atoms with E-state index in [1.54, 1.807) is 12.1 Å². The van der Waals surface area contributed by atoms with E-state index in [2.05, 4.69) is 49.9 Å². The molecule has 0 atom stereocenters. The van der Waals surface area contributed by atoms with Gasteiger partial charge < -0.3 is 4.90 Å². The average Bonchev–Trinajstić information content (AvgIpc) is 2.78. The van der Waals surface area contributed by atoms with Gasteiger partial charge in [0.15, 0.2) is 0 Å². The molecule has 142 valence electrons. The van der Waals surface area contributed by atoms with Gasteiger partial charge in [-0.15, -0.1) is 11.8 Å². The number of piperidine rings is 1. The fourth-order valence-electron chi connectivity index (χ4n) is 4.31. The van der Waals surface area contributed by atoms with Gasteiger partial charge in [-0.05, 0) is 58.7 Å². The second kappa shape index (κ2) is 7.44. The second-order valence-corrected chi connectivity index (χ2v) is 9.92. The van der Waals surface area contributed by atoms with Crippen LogP contribution in [0.3, 0.4) is 0 Å². The van der Waals surface area contributed by atoms with Crippen molar-refractivity contribution >= 4 is 17.3 Å². The van der Waals surface area contributed by atoms with E-state index in [0.29, 0.717) is 5.41 Å². The van der Waals surface area contributed by atoms with Crippen molar-refractivity contribution in [2.24, 2.45) is 5.41 Å². The van der Waals surface area contributed by atoms with Gasteiger partial charge in [-0.3, -0.25) is 0 Å². The lowest BCUT2D eigenvalue weighted by Gasteiger charge is -2.34. The van der Waals surface area contributed by atoms with Gasteiger partial charge in [0.25, 0.3) is 0 Å². The Morgan fingerprint density at radius 2 is 1.74 bits per heavy atom. The Labute approximate surface area is 166 Å². The van der Waals surface area contributed by atoms with E-state index in [1.807, 2.05) is 17.8 Å². The zero-order valence-electron chi connectivity index (χ0n) is 16.5. The van der Waals surface area contributed by atoms with Crippen LogP contribution < -0.4 is 0 Å². The van der Waals surface area contributed by atoms with Crippen molar-refractivity contribution in [1.29, 1.82) is 0 Å². The van der Waals surface area contributed by atoms with E-state index in [0.717, 1.165) is 43.8 Å². The molecule has 0 aromatic heterocycles. The molecule has 1 fully saturated rings. The number of thioether (sulfide) groups is 1. The molecule has 0 amide bonds. The zero-order chi connectivity index (χ0) is 19.0. The number of hydrogen-bond acceptors (Lipinski definition) is 2. The highest BCUT2D eigenvalue weighted by atomic mass is 32.2. The molecule has 0 bridgehead atoms. The minimum Gasteiger partial charge on any atom is -0.302 e. The number of fused-ring (bicyclic) bond motifs is 2. The maximum atomic E-state index is 13.9. The molecule has 4 rings (SSSR count). The first-order valence-corrected chi connectivity index (χ1v) is 10.8. The molecule has 0 aliphatic carbocycles. The lowest BCUT2D eigenvalue weighted by Crippen LogP contribution is -2.37. The summed E-state index contributed by atoms with van der Waals surface area (Å²) in [5.41, 5.74) is 6.90. The summed E-state index contributed by atoms with van der Waals surface area (Å²) in [5.74, 6) is 0.696. The molecule has 2 aliphatic rings. The first-order chi connectivity index (χ1) is 12.9. The fraction of sp³-hybridized carbons (Fsp3) is 0.417. The molecule has 2 aromatic carbocycles. The summed E-state index contributed by atoms with van der Waals surface area (Å²) in [6.07, 6.45) is 2.20. The van der Waals surface area contributed by atoms with Crippen LogP contribution in [0.5, 0.6) is 0 Å². The maximum absolute atomic E-state index is 13.9. The standard InChI is InChI=1S/C24H28FNS/c1-24(2,3)16-26-12-10-17(11-13-26)23-20-9-8-19(25)14-18(20)15-27-22-7-5-4-6-21(22)23/h4-9,14H,10-13,15-16H2,1-3H3. The average molecular weight is 382 g/mol. The SMILES string of the molecule is CC(C)(C)CN1CCC(=C2c3ccc(F)cc3CSc3ccccc32)CC1. The molecule has 3 heteroatoms. The Bertz CT molecular complexity index is 868. The molecule has 0 radical (unpaired) electrons. The fourth-order valence-corrected chi connectivity index (χ4v) is 5.36. The topological polar surface area (TPSA) is 3.24 Å². The number of nitrogens with zero attached hydrogens (tertiary/aromatic N) is 1. The Kier molecular flexibility index (Phi) is 5.17. The van der Waals surface area contributed by atoms with E-state index in [9.17, 15) is 4.39 Å². The molecular formula is C24H28FNS. The number of rotatable bonds is 1. The summed E-state index contributed by atoms with van der Waals surface area (Å²) in [4.78, 5) is 3.90. The molecular weight excluding hydrogens is 353 g/mol. The van der Waals surface area contributed by atoms with Gasteiger partial charge >= 0.3 is 0 Å². The predicted molar refractivity (Wildman–Crippen MR) is 114 cm³/mol. The van der Waals surface area contributed by atoms with Crippen LogP contribution in [0.2, 0.25) is 0 Å². The van der Waals surface area contributed by atoms with Gasteiger partial charge in [-0.25, -0.2) is 4.39 Å². The third kappa shape index (κ3) is 4.14. The van der Waals surface area contributed by atoms with Crippen molar-refractivity contribution in [2.75, 3.05) is 19.6 Å². The quantitative estimate of drug-likeness (QED) is 0.564. The predicted octanol–water partition coefficient (Wildman–Crippen LogP) is 6.38. The third-order valence-electron chi connectivity index (χ3n) is 5.39. The molecule has 1 nitrogen and oxygen atoms in total. The summed E-state index contributed by atoms with van der Waals surface area (Å²) >= 11 is 1.83. The Balaban J connectivity index is 1.75. The third-order valence-corrected chi connectivity index (χ3v) is 6.51. The number of benzene rings is 2. The lowest BCUT2D eigenvalue weighted by atomic mass is 9.86. The largest absolute Gasteiger partial charge is 0.302 e. The van der Waals surface area contributed by atoms with Crippen molar-refractivity contribution in [1.82, 2.24) is 4.90 Å². The summed E-state index contributed by atoms with van der Waals surface area (Å²) in [6, 6.07) is 14.0. The van der Waals surface area contributed by atoms with Crippen molar-refractivity contribution < 1.29 is 4.39 Å². The molecule has 0 spiro atoms. The van der Waals surface area contributed by atoms with Crippen LogP contribution in [0, 0.1) is 11.2 Å². The molecule has 0 saturated carbocycles. The summed E-state index contributed by atoms with van der Waals surface area (Å²) in [7, 11) is 0. The van der Waals surface area contributed by atoms with E-state index in [1.165, 1.54) is 27.2 Å². The molecule has 0 N–H and O–H groups in total. The van der Waals surface area contributed by atoms with Crippen molar-refractivity contribution in [3.8, 4) is 0 Å². The van der Waals surface area contributed by atoms with Crippen LogP contribution in [0.4, 0.5) is 4.39 Å². The molecule has 0 unspecified atom stereocenters. The van der Waals surface area contributed by atoms with Crippen LogP contribution >= 0.6 is 11.8 Å². The van der Waals surface area contributed by atoms with E-state index >= 15 is 0 Å². The summed E-state index contributed by atoms with van der Waals surface area (Å²) in [5, 5.41) is 0. The van der Waals surface area contributed by atoms with E-state index < -0.39 is 0 Å². The van der Waals surface area contributed by atoms with Gasteiger partial charge in [0.1, 0.15) is 5.82 Å². The second-order valence-electron chi connectivity index (χ2n) is 8.90. The van der Waals surface area contributed by atoms with Gasteiger partial charge in [0, 0.05) is 30.3 Å². The molecule has 1 saturated heterocycles. The van der Waals surface area contributed by atoms with Crippen LogP contribution in [0.1, 0.15) is 50.3 Å². The lowest BCUT2D eigenvalue weighted by molar-refractivity contribution is 0.181. The molecule has 27 heavy (non-hydrogen) atoms. The number of likely N-dealkylation sites (tertiary alicyclic amines) is 1. The van der Waals surface area contributed by atoms with Crippen molar-refractivity contribution in [2.45, 2.75) is 44.3 Å². The van der Waals surface area contributed by atoms with Gasteiger partial charge in [0.05, 0.1) is 0 Å². The highest BCUT2D eigenvalue weighted by Gasteiger charge is 2.25. The summed E-state index contributed by atoms with van der Waals surface area (Å²) in [6.45, 7) is 10.3. The molecule has 2 aromatic rings. The number of halogens is 1. The Morgan fingerprint density at radius 1 is 1.00 bits per heavy atom. The van der Waals surface area contributed by atoms with Crippen molar-refractivity contribution in [3.05, 3.63) is 70.5 Å². The first kappa shape index (κ1) is 18.8. The highest BCUT2D eigenvalue weighted by molar-refractivity contribution is 7.98. The minimum atomic E-state index is -0.135. The van der Waals surface area contributed by atoms with E-state index in [-0.39, 0.29) is 5.82 Å². The van der Waals surface area contributed by atoms with Gasteiger partial charge in [-0.1, -0.05) is 50.6 Å². The number of hydrogen-bond donors (Lipinski definition) is 0. The van der Waals surface area contributed by atoms with Crippen molar-refractivity contribution in [3.63, 3.8) is 0 Å². The van der Waals surface area contributed by atoms with Crippen LogP contribution in [0.25, 0.3) is 5.57 Å². The first-order valence-electron chi connectivity index (χ1n) is 9.86. The molecule has 2 heterocycles. The van der Waals surface area contributed by atoms with Crippen LogP contribution in [0.15, 0.2) is 52.9 Å². The van der Waals surface area contributed by atoms with E-state index in [4.69, 9.17) is 0 Å². The van der Waals surface area contributed by atoms with Crippen LogP contribution in [-0.2, 0) is 5.75 Å². The summed E-state index contributed by atoms with van der Waals surface area (Å²) < 4.78 is 13.9. The Morgan fingerprint density at radius 3 is 2.48 bits per heavy atom. The monoisotopic (exact) mass is 381 g/mol. The minimum absolute atomic E-state index is 0.135. The van der Waals surface area contributed by atoms with Crippen LogP contribution in [-0.4, -0.2) is 24.5 Å². The maximum Gasteiger partial charge on any atom is 0.123 e. The molecule has 2 aliphatic heterocycles. The van der Waals surface area contributed by atoms with Gasteiger partial charge in [-0.2, -0.15) is 0 Å². The normalized spacial score (nSPS) is 18.1. The van der Waals surface area contributed by atoms with Gasteiger partial charge in [0.2, 0.25) is 0 Å². The smallest absolute Gasteiger partial charge is 0.123 e. The Hall–Kier alpha value is -1.58.